The highest BCUT2D eigenvalue weighted by atomic mass is 16.5. The molecule has 4 aromatic carbocycles. The lowest BCUT2D eigenvalue weighted by Gasteiger charge is -2.36. The Morgan fingerprint density at radius 2 is 1.72 bits per heavy atom. The van der Waals surface area contributed by atoms with Crippen molar-refractivity contribution < 1.29 is 23.7 Å². The van der Waals surface area contributed by atoms with Gasteiger partial charge in [-0.05, 0) is 83.8 Å². The third-order valence-corrected chi connectivity index (χ3v) is 9.43. The standard InChI is InChI=1S/C40H46N2O5/c1-44-22-7-20-42-21-23-46-39-18-12-30(25-37(39)42)28-47-38-19-15-34(26-36(38)32-13-16-35(45-2)17-14-32)40(43)41-27-29-8-6-11-33(24-29)31-9-4-3-5-10-31/h3-6,8-14,16-18,24-25,34,36,38H,7,15,19-23,26-28H2,1-2H3,(H,41,43)/t34-,36+,38-/m0/s1. The van der Waals surface area contributed by atoms with Gasteiger partial charge < -0.3 is 29.2 Å². The lowest BCUT2D eigenvalue weighted by molar-refractivity contribution is -0.127. The zero-order valence-electron chi connectivity index (χ0n) is 27.5. The van der Waals surface area contributed by atoms with E-state index in [1.54, 1.807) is 14.2 Å². The van der Waals surface area contributed by atoms with Crippen LogP contribution < -0.4 is 19.7 Å². The van der Waals surface area contributed by atoms with Crippen molar-refractivity contribution in [2.75, 3.05) is 45.4 Å². The topological polar surface area (TPSA) is 69.3 Å². The van der Waals surface area contributed by atoms with E-state index in [1.807, 2.05) is 30.3 Å². The lowest BCUT2D eigenvalue weighted by atomic mass is 9.75. The molecule has 1 aliphatic heterocycles. The summed E-state index contributed by atoms with van der Waals surface area (Å²) in [4.78, 5) is 15.9. The number of hydrogen-bond donors (Lipinski definition) is 1. The van der Waals surface area contributed by atoms with Crippen molar-refractivity contribution in [3.63, 3.8) is 0 Å². The third kappa shape index (κ3) is 8.34. The maximum absolute atomic E-state index is 13.6. The number of fused-ring (bicyclic) bond motifs is 1. The van der Waals surface area contributed by atoms with E-state index in [1.165, 1.54) is 11.1 Å². The number of nitrogens with one attached hydrogen (secondary N) is 1. The van der Waals surface area contributed by atoms with E-state index in [2.05, 4.69) is 76.9 Å². The Labute approximate surface area is 278 Å². The number of anilines is 1. The fourth-order valence-electron chi connectivity index (χ4n) is 6.85. The molecule has 4 aromatic rings. The Morgan fingerprint density at radius 3 is 2.53 bits per heavy atom. The van der Waals surface area contributed by atoms with Gasteiger partial charge in [-0.25, -0.2) is 0 Å². The fourth-order valence-corrected chi connectivity index (χ4v) is 6.85. The van der Waals surface area contributed by atoms with E-state index >= 15 is 0 Å². The summed E-state index contributed by atoms with van der Waals surface area (Å²) in [6.07, 6.45) is 3.31. The summed E-state index contributed by atoms with van der Waals surface area (Å²) in [6.45, 7) is 4.24. The summed E-state index contributed by atoms with van der Waals surface area (Å²) in [5.41, 5.74) is 6.83. The molecule has 0 unspecified atom stereocenters. The van der Waals surface area contributed by atoms with Crippen molar-refractivity contribution in [1.82, 2.24) is 5.32 Å². The second kappa shape index (κ2) is 16.0. The summed E-state index contributed by atoms with van der Waals surface area (Å²) in [7, 11) is 3.42. The third-order valence-electron chi connectivity index (χ3n) is 9.43. The highest BCUT2D eigenvalue weighted by molar-refractivity contribution is 5.79. The second-order valence-corrected chi connectivity index (χ2v) is 12.5. The summed E-state index contributed by atoms with van der Waals surface area (Å²) < 4.78 is 23.3. The number of nitrogens with zero attached hydrogens (tertiary/aromatic N) is 1. The number of carbonyl (C=O) groups is 1. The largest absolute Gasteiger partial charge is 0.497 e. The maximum Gasteiger partial charge on any atom is 0.223 e. The molecule has 1 aliphatic carbocycles. The molecule has 7 nitrogen and oxygen atoms in total. The number of methoxy groups -OCH3 is 2. The number of ether oxygens (including phenoxy) is 4. The van der Waals surface area contributed by atoms with Crippen molar-refractivity contribution in [2.24, 2.45) is 5.92 Å². The van der Waals surface area contributed by atoms with Gasteiger partial charge in [0.25, 0.3) is 0 Å². The van der Waals surface area contributed by atoms with Crippen LogP contribution in [0.1, 0.15) is 48.3 Å². The van der Waals surface area contributed by atoms with Gasteiger partial charge >= 0.3 is 0 Å². The minimum absolute atomic E-state index is 0.0000808. The SMILES string of the molecule is COCCCN1CCOc2ccc(CO[C@H]3CC[C@H](C(=O)NCc4cccc(-c5ccccc5)c4)C[C@@H]3c3ccc(OC)cc3)cc21. The number of amides is 1. The quantitative estimate of drug-likeness (QED) is 0.155. The number of hydrogen-bond acceptors (Lipinski definition) is 6. The molecule has 1 amide bonds. The molecular weight excluding hydrogens is 588 g/mol. The van der Waals surface area contributed by atoms with Crippen LogP contribution in [0.15, 0.2) is 97.1 Å². The Morgan fingerprint density at radius 1 is 0.894 bits per heavy atom. The normalized spacial score (nSPS) is 19.0. The van der Waals surface area contributed by atoms with Crippen LogP contribution >= 0.6 is 0 Å². The molecule has 0 bridgehead atoms. The van der Waals surface area contributed by atoms with Gasteiger partial charge in [0.1, 0.15) is 18.1 Å². The molecule has 0 radical (unpaired) electrons. The first-order chi connectivity index (χ1) is 23.1. The smallest absolute Gasteiger partial charge is 0.223 e. The molecule has 1 heterocycles. The summed E-state index contributed by atoms with van der Waals surface area (Å²) in [6, 6.07) is 33.3. The first-order valence-electron chi connectivity index (χ1n) is 16.8. The van der Waals surface area contributed by atoms with E-state index < -0.39 is 0 Å². The van der Waals surface area contributed by atoms with Gasteiger partial charge in [-0.15, -0.1) is 0 Å². The minimum atomic E-state index is -0.0826. The lowest BCUT2D eigenvalue weighted by Crippen LogP contribution is -2.38. The molecule has 1 fully saturated rings. The van der Waals surface area contributed by atoms with E-state index in [0.29, 0.717) is 19.8 Å². The Hall–Kier alpha value is -4.33. The van der Waals surface area contributed by atoms with Crippen LogP contribution in [0.2, 0.25) is 0 Å². The molecule has 1 N–H and O–H groups in total. The molecule has 2 aliphatic rings. The first-order valence-corrected chi connectivity index (χ1v) is 16.8. The molecule has 0 aromatic heterocycles. The molecule has 6 rings (SSSR count). The van der Waals surface area contributed by atoms with E-state index in [0.717, 1.165) is 79.3 Å². The average molecular weight is 635 g/mol. The predicted octanol–water partition coefficient (Wildman–Crippen LogP) is 7.38. The van der Waals surface area contributed by atoms with E-state index in [-0.39, 0.29) is 23.8 Å². The van der Waals surface area contributed by atoms with Crippen LogP contribution in [-0.2, 0) is 27.4 Å². The van der Waals surface area contributed by atoms with Crippen molar-refractivity contribution in [2.45, 2.75) is 50.9 Å². The van der Waals surface area contributed by atoms with Gasteiger partial charge in [-0.3, -0.25) is 4.79 Å². The molecule has 0 spiro atoms. The zero-order chi connectivity index (χ0) is 32.4. The van der Waals surface area contributed by atoms with Gasteiger partial charge in [-0.1, -0.05) is 66.7 Å². The van der Waals surface area contributed by atoms with Gasteiger partial charge in [0, 0.05) is 38.6 Å². The zero-order valence-corrected chi connectivity index (χ0v) is 27.5. The number of rotatable bonds is 13. The van der Waals surface area contributed by atoms with E-state index in [4.69, 9.17) is 18.9 Å². The van der Waals surface area contributed by atoms with Gasteiger partial charge in [0.15, 0.2) is 0 Å². The Bertz CT molecular complexity index is 1590. The van der Waals surface area contributed by atoms with Crippen molar-refractivity contribution >= 4 is 11.6 Å². The van der Waals surface area contributed by atoms with Crippen LogP contribution in [0.5, 0.6) is 11.5 Å². The summed E-state index contributed by atoms with van der Waals surface area (Å²) in [5.74, 6) is 1.86. The Kier molecular flexibility index (Phi) is 11.1. The average Bonchev–Trinajstić information content (AvgIpc) is 3.13. The van der Waals surface area contributed by atoms with E-state index in [9.17, 15) is 4.79 Å². The van der Waals surface area contributed by atoms with Gasteiger partial charge in [0.05, 0.1) is 32.1 Å². The van der Waals surface area contributed by atoms with Gasteiger partial charge in [0.2, 0.25) is 5.91 Å². The molecule has 1 saturated carbocycles. The monoisotopic (exact) mass is 634 g/mol. The van der Waals surface area contributed by atoms with Crippen LogP contribution in [0.25, 0.3) is 11.1 Å². The minimum Gasteiger partial charge on any atom is -0.497 e. The highest BCUT2D eigenvalue weighted by Crippen LogP contribution is 2.40. The van der Waals surface area contributed by atoms with Gasteiger partial charge in [-0.2, -0.15) is 0 Å². The predicted molar refractivity (Wildman–Crippen MR) is 186 cm³/mol. The van der Waals surface area contributed by atoms with Crippen molar-refractivity contribution in [3.8, 4) is 22.6 Å². The first kappa shape index (κ1) is 32.6. The number of carbonyl (C=O) groups excluding carboxylic acids is 1. The molecule has 0 saturated heterocycles. The fraction of sp³-hybridized carbons (Fsp3) is 0.375. The van der Waals surface area contributed by atoms with Crippen LogP contribution in [0, 0.1) is 5.92 Å². The van der Waals surface area contributed by atoms with Crippen LogP contribution in [0.3, 0.4) is 0 Å². The molecule has 7 heteroatoms. The van der Waals surface area contributed by atoms with Crippen molar-refractivity contribution in [1.29, 1.82) is 0 Å². The summed E-state index contributed by atoms with van der Waals surface area (Å²) in [5, 5.41) is 3.24. The van der Waals surface area contributed by atoms with Crippen molar-refractivity contribution in [3.05, 3.63) is 114 Å². The number of benzene rings is 4. The molecule has 3 atom stereocenters. The maximum atomic E-state index is 13.6. The molecular formula is C40H46N2O5. The molecule has 246 valence electrons. The summed E-state index contributed by atoms with van der Waals surface area (Å²) >= 11 is 0. The second-order valence-electron chi connectivity index (χ2n) is 12.5. The molecule has 47 heavy (non-hydrogen) atoms. The Balaban J connectivity index is 1.11. The van der Waals surface area contributed by atoms with Crippen LogP contribution in [-0.4, -0.2) is 52.5 Å². The van der Waals surface area contributed by atoms with Crippen LogP contribution in [0.4, 0.5) is 5.69 Å². The highest BCUT2D eigenvalue weighted by Gasteiger charge is 2.35.